The Morgan fingerprint density at radius 1 is 1.16 bits per heavy atom. The third kappa shape index (κ3) is 2.58. The molecule has 0 fully saturated rings. The molecule has 2 aromatic heterocycles. The lowest BCUT2D eigenvalue weighted by Crippen LogP contribution is -1.94. The largest absolute Gasteiger partial charge is 0.261 e. The van der Waals surface area contributed by atoms with Gasteiger partial charge in [-0.15, -0.1) is 11.3 Å². The van der Waals surface area contributed by atoms with Crippen molar-refractivity contribution in [2.24, 2.45) is 5.10 Å². The van der Waals surface area contributed by atoms with E-state index in [0.29, 0.717) is 5.82 Å². The Morgan fingerprint density at radius 3 is 2.84 bits per heavy atom. The van der Waals surface area contributed by atoms with Crippen molar-refractivity contribution in [3.05, 3.63) is 53.4 Å². The zero-order valence-corrected chi connectivity index (χ0v) is 10.6. The number of hydrogen-bond acceptors (Lipinski definition) is 5. The summed E-state index contributed by atoms with van der Waals surface area (Å²) in [5, 5.41) is 6.97. The van der Waals surface area contributed by atoms with E-state index in [1.807, 2.05) is 11.4 Å². The number of hydrogen-bond donors (Lipinski definition) is 1. The zero-order valence-electron chi connectivity index (χ0n) is 9.75. The van der Waals surface area contributed by atoms with E-state index in [0.717, 1.165) is 15.8 Å². The third-order valence-electron chi connectivity index (χ3n) is 2.52. The first-order valence-corrected chi connectivity index (χ1v) is 6.44. The lowest BCUT2D eigenvalue weighted by molar-refractivity contribution is 0.628. The van der Waals surface area contributed by atoms with Gasteiger partial charge in [-0.3, -0.25) is 5.43 Å². The van der Waals surface area contributed by atoms with E-state index in [4.69, 9.17) is 0 Å². The summed E-state index contributed by atoms with van der Waals surface area (Å²) in [7, 11) is 0. The highest BCUT2D eigenvalue weighted by atomic mass is 32.1. The van der Waals surface area contributed by atoms with Gasteiger partial charge in [0.2, 0.25) is 0 Å². The van der Waals surface area contributed by atoms with Gasteiger partial charge in [-0.25, -0.2) is 14.4 Å². The Balaban J connectivity index is 1.78. The number of halogens is 1. The minimum absolute atomic E-state index is 0.263. The summed E-state index contributed by atoms with van der Waals surface area (Å²) in [5.41, 5.74) is 3.68. The van der Waals surface area contributed by atoms with Crippen molar-refractivity contribution >= 4 is 33.6 Å². The van der Waals surface area contributed by atoms with E-state index in [2.05, 4.69) is 20.5 Å². The smallest absolute Gasteiger partial charge is 0.158 e. The fourth-order valence-electron chi connectivity index (χ4n) is 1.60. The van der Waals surface area contributed by atoms with E-state index >= 15 is 0 Å². The van der Waals surface area contributed by atoms with Crippen molar-refractivity contribution in [3.63, 3.8) is 0 Å². The molecule has 6 heteroatoms. The monoisotopic (exact) mass is 272 g/mol. The van der Waals surface area contributed by atoms with Crippen LogP contribution in [0.15, 0.2) is 47.1 Å². The first-order chi connectivity index (χ1) is 9.33. The normalized spacial score (nSPS) is 11.2. The van der Waals surface area contributed by atoms with Gasteiger partial charge in [-0.05, 0) is 29.1 Å². The minimum atomic E-state index is -0.263. The predicted molar refractivity (Wildman–Crippen MR) is 75.0 cm³/mol. The van der Waals surface area contributed by atoms with Gasteiger partial charge in [-0.2, -0.15) is 5.10 Å². The fourth-order valence-corrected chi connectivity index (χ4v) is 2.33. The lowest BCUT2D eigenvalue weighted by Gasteiger charge is -1.99. The minimum Gasteiger partial charge on any atom is -0.261 e. The molecule has 0 saturated heterocycles. The molecule has 0 spiro atoms. The van der Waals surface area contributed by atoms with Crippen molar-refractivity contribution < 1.29 is 4.39 Å². The number of nitrogens with one attached hydrogen (secondary N) is 1. The maximum absolute atomic E-state index is 12.7. The van der Waals surface area contributed by atoms with Gasteiger partial charge in [0.05, 0.1) is 11.6 Å². The highest BCUT2D eigenvalue weighted by Crippen LogP contribution is 2.23. The molecule has 1 aromatic carbocycles. The number of rotatable bonds is 3. The molecule has 19 heavy (non-hydrogen) atoms. The molecule has 3 aromatic rings. The number of nitrogens with zero attached hydrogens (tertiary/aromatic N) is 3. The SMILES string of the molecule is Fc1ccc(C=NNc2ncnc3sccc23)cc1. The Kier molecular flexibility index (Phi) is 3.16. The van der Waals surface area contributed by atoms with Gasteiger partial charge in [-0.1, -0.05) is 12.1 Å². The van der Waals surface area contributed by atoms with Gasteiger partial charge in [0.25, 0.3) is 0 Å². The van der Waals surface area contributed by atoms with E-state index in [1.54, 1.807) is 29.7 Å². The van der Waals surface area contributed by atoms with Crippen LogP contribution >= 0.6 is 11.3 Å². The quantitative estimate of drug-likeness (QED) is 0.588. The Labute approximate surface area is 112 Å². The second-order valence-electron chi connectivity index (χ2n) is 3.78. The summed E-state index contributed by atoms with van der Waals surface area (Å²) in [5.74, 6) is 0.394. The molecule has 0 saturated carbocycles. The maximum atomic E-state index is 12.7. The Hall–Kier alpha value is -2.34. The van der Waals surface area contributed by atoms with Crippen molar-refractivity contribution in [1.82, 2.24) is 9.97 Å². The van der Waals surface area contributed by atoms with Gasteiger partial charge < -0.3 is 0 Å². The molecule has 0 bridgehead atoms. The molecule has 0 radical (unpaired) electrons. The second kappa shape index (κ2) is 5.11. The summed E-state index contributed by atoms with van der Waals surface area (Å²) in [6, 6.07) is 8.03. The maximum Gasteiger partial charge on any atom is 0.158 e. The Bertz CT molecular complexity index is 721. The molecule has 0 unspecified atom stereocenters. The number of hydrazone groups is 1. The highest BCUT2D eigenvalue weighted by Gasteiger charge is 2.02. The van der Waals surface area contributed by atoms with Crippen LogP contribution in [0.1, 0.15) is 5.56 Å². The number of fused-ring (bicyclic) bond motifs is 1. The molecule has 1 N–H and O–H groups in total. The number of thiophene rings is 1. The van der Waals surface area contributed by atoms with Gasteiger partial charge in [0.1, 0.15) is 17.0 Å². The van der Waals surface area contributed by atoms with Crippen molar-refractivity contribution in [3.8, 4) is 0 Å². The van der Waals surface area contributed by atoms with Crippen molar-refractivity contribution in [2.45, 2.75) is 0 Å². The number of benzene rings is 1. The van der Waals surface area contributed by atoms with E-state index in [-0.39, 0.29) is 5.82 Å². The van der Waals surface area contributed by atoms with Crippen LogP contribution in [0.25, 0.3) is 10.2 Å². The van der Waals surface area contributed by atoms with Gasteiger partial charge in [0.15, 0.2) is 5.82 Å². The van der Waals surface area contributed by atoms with Crippen LogP contribution < -0.4 is 5.43 Å². The molecule has 4 nitrogen and oxygen atoms in total. The predicted octanol–water partition coefficient (Wildman–Crippen LogP) is 3.28. The van der Waals surface area contributed by atoms with Crippen molar-refractivity contribution in [2.75, 3.05) is 5.43 Å². The fraction of sp³-hybridized carbons (Fsp3) is 0. The van der Waals surface area contributed by atoms with Crippen LogP contribution in [0.2, 0.25) is 0 Å². The molecule has 0 aliphatic carbocycles. The molecule has 2 heterocycles. The molecule has 94 valence electrons. The van der Waals surface area contributed by atoms with Crippen LogP contribution in [0.5, 0.6) is 0 Å². The van der Waals surface area contributed by atoms with Crippen LogP contribution in [-0.4, -0.2) is 16.2 Å². The van der Waals surface area contributed by atoms with E-state index in [1.165, 1.54) is 18.5 Å². The summed E-state index contributed by atoms with van der Waals surface area (Å²) < 4.78 is 12.7. The standard InChI is InChI=1S/C13H9FN4S/c14-10-3-1-9(2-4-10)7-17-18-12-11-5-6-19-13(11)16-8-15-12/h1-8H,(H,15,16,18). The number of anilines is 1. The van der Waals surface area contributed by atoms with Crippen LogP contribution in [0.3, 0.4) is 0 Å². The molecular formula is C13H9FN4S. The second-order valence-corrected chi connectivity index (χ2v) is 4.68. The number of aromatic nitrogens is 2. The Morgan fingerprint density at radius 2 is 2.00 bits per heavy atom. The van der Waals surface area contributed by atoms with E-state index in [9.17, 15) is 4.39 Å². The van der Waals surface area contributed by atoms with Crippen molar-refractivity contribution in [1.29, 1.82) is 0 Å². The van der Waals surface area contributed by atoms with Gasteiger partial charge >= 0.3 is 0 Å². The lowest BCUT2D eigenvalue weighted by atomic mass is 10.2. The topological polar surface area (TPSA) is 50.2 Å². The average Bonchev–Trinajstić information content (AvgIpc) is 2.90. The van der Waals surface area contributed by atoms with Crippen LogP contribution in [0, 0.1) is 5.82 Å². The van der Waals surface area contributed by atoms with Crippen LogP contribution in [-0.2, 0) is 0 Å². The molecule has 0 amide bonds. The highest BCUT2D eigenvalue weighted by molar-refractivity contribution is 7.16. The average molecular weight is 272 g/mol. The summed E-state index contributed by atoms with van der Waals surface area (Å²) in [6.45, 7) is 0. The molecule has 0 atom stereocenters. The first kappa shape index (κ1) is 11.7. The molecule has 0 aliphatic heterocycles. The van der Waals surface area contributed by atoms with Gasteiger partial charge in [0, 0.05) is 0 Å². The molecule has 3 rings (SSSR count). The zero-order chi connectivity index (χ0) is 13.1. The molecule has 0 aliphatic rings. The van der Waals surface area contributed by atoms with E-state index < -0.39 is 0 Å². The summed E-state index contributed by atoms with van der Waals surface area (Å²) >= 11 is 1.55. The summed E-state index contributed by atoms with van der Waals surface area (Å²) in [4.78, 5) is 9.20. The third-order valence-corrected chi connectivity index (χ3v) is 3.34. The summed E-state index contributed by atoms with van der Waals surface area (Å²) in [6.07, 6.45) is 3.11. The van der Waals surface area contributed by atoms with Crippen LogP contribution in [0.4, 0.5) is 10.2 Å². The molecular weight excluding hydrogens is 263 g/mol. The first-order valence-electron chi connectivity index (χ1n) is 5.56.